The van der Waals surface area contributed by atoms with Crippen LogP contribution in [-0.4, -0.2) is 23.6 Å². The standard InChI is InChI=1S/C20H23NO4S/c1-4-5-10-24-20(23)25-18-13(3)21-15-11-26-19(22)17(15)16(18)14-9-7-6-8-12(14)2/h6-9,16,21H,4-5,10-11H2,1-3H3. The van der Waals surface area contributed by atoms with E-state index in [2.05, 4.69) is 5.32 Å². The number of nitrogens with one attached hydrogen (secondary N) is 1. The lowest BCUT2D eigenvalue weighted by Gasteiger charge is -2.29. The molecule has 138 valence electrons. The van der Waals surface area contributed by atoms with Gasteiger partial charge in [0.25, 0.3) is 0 Å². The maximum Gasteiger partial charge on any atom is 0.513 e. The summed E-state index contributed by atoms with van der Waals surface area (Å²) in [4.78, 5) is 24.7. The molecule has 0 fully saturated rings. The highest BCUT2D eigenvalue weighted by molar-refractivity contribution is 8.14. The number of aryl methyl sites for hydroxylation is 1. The summed E-state index contributed by atoms with van der Waals surface area (Å²) in [5.41, 5.74) is 4.32. The van der Waals surface area contributed by atoms with Crippen molar-refractivity contribution in [1.29, 1.82) is 0 Å². The average Bonchev–Trinajstić information content (AvgIpc) is 2.97. The zero-order valence-electron chi connectivity index (χ0n) is 15.3. The smallest absolute Gasteiger partial charge is 0.434 e. The van der Waals surface area contributed by atoms with Crippen LogP contribution in [0.2, 0.25) is 0 Å². The minimum atomic E-state index is -0.727. The highest BCUT2D eigenvalue weighted by Crippen LogP contribution is 2.45. The Morgan fingerprint density at radius 2 is 2.08 bits per heavy atom. The Balaban J connectivity index is 1.95. The van der Waals surface area contributed by atoms with Gasteiger partial charge < -0.3 is 14.8 Å². The third-order valence-corrected chi connectivity index (χ3v) is 5.48. The average molecular weight is 373 g/mol. The van der Waals surface area contributed by atoms with E-state index in [0.717, 1.165) is 35.4 Å². The van der Waals surface area contributed by atoms with Crippen LogP contribution in [0.4, 0.5) is 4.79 Å². The van der Waals surface area contributed by atoms with Crippen molar-refractivity contribution >= 4 is 23.0 Å². The fourth-order valence-corrected chi connectivity index (χ4v) is 4.11. The van der Waals surface area contributed by atoms with Gasteiger partial charge in [0, 0.05) is 17.0 Å². The minimum Gasteiger partial charge on any atom is -0.434 e. The molecule has 1 atom stereocenters. The molecule has 0 spiro atoms. The number of benzene rings is 1. The molecule has 1 aromatic carbocycles. The largest absolute Gasteiger partial charge is 0.513 e. The molecule has 1 aromatic rings. The Hall–Kier alpha value is -2.21. The van der Waals surface area contributed by atoms with Gasteiger partial charge in [-0.1, -0.05) is 49.4 Å². The molecular weight excluding hydrogens is 350 g/mol. The molecule has 6 heteroatoms. The van der Waals surface area contributed by atoms with E-state index in [0.29, 0.717) is 23.7 Å². The fraction of sp³-hybridized carbons (Fsp3) is 0.400. The fourth-order valence-electron chi connectivity index (χ4n) is 3.21. The van der Waals surface area contributed by atoms with E-state index < -0.39 is 12.1 Å². The lowest BCUT2D eigenvalue weighted by atomic mass is 9.83. The Bertz CT molecular complexity index is 797. The van der Waals surface area contributed by atoms with E-state index in [9.17, 15) is 9.59 Å². The van der Waals surface area contributed by atoms with Gasteiger partial charge in [-0.05, 0) is 31.4 Å². The molecule has 0 amide bonds. The van der Waals surface area contributed by atoms with Crippen LogP contribution < -0.4 is 5.32 Å². The number of rotatable bonds is 5. The second kappa shape index (κ2) is 7.99. The molecule has 0 bridgehead atoms. The number of unbranched alkanes of at least 4 members (excludes halogenated alkanes) is 1. The summed E-state index contributed by atoms with van der Waals surface area (Å²) in [7, 11) is 0. The van der Waals surface area contributed by atoms with Crippen molar-refractivity contribution in [1.82, 2.24) is 5.32 Å². The normalized spacial score (nSPS) is 19.3. The number of dihydropyridines is 1. The van der Waals surface area contributed by atoms with Gasteiger partial charge in [-0.25, -0.2) is 4.79 Å². The van der Waals surface area contributed by atoms with E-state index in [-0.39, 0.29) is 5.12 Å². The molecule has 2 aliphatic heterocycles. The summed E-state index contributed by atoms with van der Waals surface area (Å²) >= 11 is 1.27. The SMILES string of the molecule is CCCCOC(=O)OC1=C(C)NC2=C(C(=O)SC2)C1c1ccccc1C. The number of allylic oxidation sites excluding steroid dienone is 2. The monoisotopic (exact) mass is 373 g/mol. The number of carbonyl (C=O) groups excluding carboxylic acids is 2. The molecule has 5 nitrogen and oxygen atoms in total. The van der Waals surface area contributed by atoms with E-state index in [1.54, 1.807) is 0 Å². The van der Waals surface area contributed by atoms with Gasteiger partial charge in [-0.15, -0.1) is 0 Å². The number of carbonyl (C=O) groups is 2. The van der Waals surface area contributed by atoms with E-state index in [1.807, 2.05) is 45.0 Å². The first-order valence-corrected chi connectivity index (χ1v) is 9.79. The highest BCUT2D eigenvalue weighted by Gasteiger charge is 2.40. The van der Waals surface area contributed by atoms with E-state index >= 15 is 0 Å². The molecule has 26 heavy (non-hydrogen) atoms. The van der Waals surface area contributed by atoms with Crippen LogP contribution in [0.3, 0.4) is 0 Å². The Morgan fingerprint density at radius 1 is 1.31 bits per heavy atom. The van der Waals surface area contributed by atoms with Crippen LogP contribution in [0.5, 0.6) is 0 Å². The lowest BCUT2D eigenvalue weighted by Crippen LogP contribution is -2.28. The maximum atomic E-state index is 12.5. The van der Waals surface area contributed by atoms with Crippen molar-refractivity contribution < 1.29 is 19.1 Å². The van der Waals surface area contributed by atoms with E-state index in [4.69, 9.17) is 9.47 Å². The van der Waals surface area contributed by atoms with E-state index in [1.165, 1.54) is 11.8 Å². The summed E-state index contributed by atoms with van der Waals surface area (Å²) in [6.45, 7) is 6.21. The summed E-state index contributed by atoms with van der Waals surface area (Å²) < 4.78 is 10.7. The van der Waals surface area contributed by atoms with Crippen molar-refractivity contribution in [2.75, 3.05) is 12.4 Å². The predicted molar refractivity (Wildman–Crippen MR) is 102 cm³/mol. The quantitative estimate of drug-likeness (QED) is 0.610. The summed E-state index contributed by atoms with van der Waals surface area (Å²) in [5, 5.41) is 3.26. The van der Waals surface area contributed by atoms with Gasteiger partial charge >= 0.3 is 6.16 Å². The molecule has 1 N–H and O–H groups in total. The Morgan fingerprint density at radius 3 is 2.81 bits per heavy atom. The zero-order chi connectivity index (χ0) is 18.7. The third kappa shape index (κ3) is 3.65. The van der Waals surface area contributed by atoms with Gasteiger partial charge in [-0.2, -0.15) is 0 Å². The van der Waals surface area contributed by atoms with Crippen molar-refractivity contribution in [3.8, 4) is 0 Å². The predicted octanol–water partition coefficient (Wildman–Crippen LogP) is 4.39. The van der Waals surface area contributed by atoms with Crippen molar-refractivity contribution in [2.24, 2.45) is 0 Å². The van der Waals surface area contributed by atoms with Gasteiger partial charge in [0.05, 0.1) is 18.2 Å². The first-order chi connectivity index (χ1) is 12.5. The second-order valence-electron chi connectivity index (χ2n) is 6.43. The van der Waals surface area contributed by atoms with Crippen LogP contribution in [-0.2, 0) is 14.3 Å². The van der Waals surface area contributed by atoms with Gasteiger partial charge in [0.1, 0.15) is 5.76 Å². The Labute approximate surface area is 157 Å². The van der Waals surface area contributed by atoms with Crippen LogP contribution >= 0.6 is 11.8 Å². The lowest BCUT2D eigenvalue weighted by molar-refractivity contribution is -0.108. The number of hydrogen-bond acceptors (Lipinski definition) is 6. The number of hydrogen-bond donors (Lipinski definition) is 1. The molecule has 0 saturated heterocycles. The topological polar surface area (TPSA) is 64.6 Å². The first-order valence-electron chi connectivity index (χ1n) is 8.81. The van der Waals surface area contributed by atoms with Crippen molar-refractivity contribution in [3.63, 3.8) is 0 Å². The molecule has 2 aliphatic rings. The minimum absolute atomic E-state index is 0.0219. The Kier molecular flexibility index (Phi) is 5.71. The van der Waals surface area contributed by atoms with Gasteiger partial charge in [-0.3, -0.25) is 4.79 Å². The van der Waals surface area contributed by atoms with Crippen LogP contribution in [0.25, 0.3) is 0 Å². The maximum absolute atomic E-state index is 12.5. The molecule has 3 rings (SSSR count). The van der Waals surface area contributed by atoms with Crippen LogP contribution in [0, 0.1) is 6.92 Å². The van der Waals surface area contributed by atoms with Gasteiger partial charge in [0.2, 0.25) is 5.12 Å². The molecular formula is C20H23NO4S. The molecule has 0 radical (unpaired) electrons. The summed E-state index contributed by atoms with van der Waals surface area (Å²) in [5.74, 6) is 0.659. The van der Waals surface area contributed by atoms with Crippen LogP contribution in [0.1, 0.15) is 43.7 Å². The van der Waals surface area contributed by atoms with Crippen LogP contribution in [0.15, 0.2) is 47.0 Å². The molecule has 0 aliphatic carbocycles. The summed E-state index contributed by atoms with van der Waals surface area (Å²) in [6.07, 6.45) is 0.997. The molecule has 1 unspecified atom stereocenters. The van der Waals surface area contributed by atoms with Gasteiger partial charge in [0.15, 0.2) is 0 Å². The molecule has 2 heterocycles. The third-order valence-electron chi connectivity index (χ3n) is 4.56. The molecule has 0 saturated carbocycles. The zero-order valence-corrected chi connectivity index (χ0v) is 16.1. The van der Waals surface area contributed by atoms with Crippen molar-refractivity contribution in [3.05, 3.63) is 58.1 Å². The highest BCUT2D eigenvalue weighted by atomic mass is 32.2. The first kappa shape index (κ1) is 18.6. The number of ether oxygens (including phenoxy) is 2. The summed E-state index contributed by atoms with van der Waals surface area (Å²) in [6, 6.07) is 7.86. The van der Waals surface area contributed by atoms with Crippen molar-refractivity contribution in [2.45, 2.75) is 39.5 Å². The second-order valence-corrected chi connectivity index (χ2v) is 7.37. The molecule has 0 aromatic heterocycles. The number of thioether (sulfide) groups is 1.